The van der Waals surface area contributed by atoms with E-state index in [9.17, 15) is 9.59 Å². The zero-order valence-corrected chi connectivity index (χ0v) is 12.7. The van der Waals surface area contributed by atoms with Crippen LogP contribution in [0.5, 0.6) is 0 Å². The van der Waals surface area contributed by atoms with Crippen LogP contribution in [0, 0.1) is 12.8 Å². The Kier molecular flexibility index (Phi) is 4.57. The second kappa shape index (κ2) is 6.22. The summed E-state index contributed by atoms with van der Waals surface area (Å²) >= 11 is 0. The number of carboxylic acids is 1. The second-order valence-electron chi connectivity index (χ2n) is 5.80. The minimum atomic E-state index is -1.02. The highest BCUT2D eigenvalue weighted by Gasteiger charge is 2.28. The number of nitrogens with zero attached hydrogens (tertiary/aromatic N) is 3. The normalized spacial score (nSPS) is 18.3. The lowest BCUT2D eigenvalue weighted by Gasteiger charge is -2.18. The fraction of sp³-hybridized carbons (Fsp3) is 0.533. The number of aryl methyl sites for hydroxylation is 1. The molecule has 2 heterocycles. The molecule has 1 fully saturated rings. The summed E-state index contributed by atoms with van der Waals surface area (Å²) in [7, 11) is 4.06. The van der Waals surface area contributed by atoms with E-state index in [2.05, 4.69) is 9.88 Å². The maximum atomic E-state index is 12.4. The van der Waals surface area contributed by atoms with Crippen LogP contribution >= 0.6 is 0 Å². The molecule has 1 amide bonds. The Hall–Kier alpha value is -1.95. The van der Waals surface area contributed by atoms with E-state index < -0.39 is 5.97 Å². The van der Waals surface area contributed by atoms with Gasteiger partial charge in [0.25, 0.3) is 5.91 Å². The van der Waals surface area contributed by atoms with Crippen LogP contribution in [-0.4, -0.2) is 65.5 Å². The Labute approximate surface area is 124 Å². The summed E-state index contributed by atoms with van der Waals surface area (Å²) in [6.07, 6.45) is 0.996. The van der Waals surface area contributed by atoms with Gasteiger partial charge in [-0.2, -0.15) is 0 Å². The van der Waals surface area contributed by atoms with E-state index in [-0.39, 0.29) is 11.5 Å². The molecule has 0 bridgehead atoms. The van der Waals surface area contributed by atoms with Crippen LogP contribution < -0.4 is 0 Å². The molecular formula is C15H21N3O3. The standard InChI is InChI=1S/C15H21N3O3/c1-10-12(15(20)21)4-5-13(16-10)14(19)18-7-6-11(9-18)8-17(2)3/h4-5,11H,6-9H2,1-3H3,(H,20,21). The molecule has 0 aromatic carbocycles. The van der Waals surface area contributed by atoms with E-state index in [0.29, 0.717) is 17.3 Å². The number of pyridine rings is 1. The summed E-state index contributed by atoms with van der Waals surface area (Å²) in [6, 6.07) is 2.95. The molecule has 6 heteroatoms. The first-order chi connectivity index (χ1) is 9.88. The average Bonchev–Trinajstić information content (AvgIpc) is 2.84. The van der Waals surface area contributed by atoms with Gasteiger partial charge in [-0.3, -0.25) is 4.79 Å². The molecule has 1 aliphatic rings. The third-order valence-electron chi connectivity index (χ3n) is 3.73. The molecule has 0 saturated carbocycles. The molecule has 2 rings (SSSR count). The molecule has 1 saturated heterocycles. The second-order valence-corrected chi connectivity index (χ2v) is 5.80. The minimum Gasteiger partial charge on any atom is -0.478 e. The quantitative estimate of drug-likeness (QED) is 0.899. The third kappa shape index (κ3) is 3.58. The van der Waals surface area contributed by atoms with Gasteiger partial charge in [0.2, 0.25) is 0 Å². The van der Waals surface area contributed by atoms with E-state index in [1.165, 1.54) is 12.1 Å². The highest BCUT2D eigenvalue weighted by atomic mass is 16.4. The Morgan fingerprint density at radius 3 is 2.71 bits per heavy atom. The molecule has 0 radical (unpaired) electrons. The molecule has 114 valence electrons. The van der Waals surface area contributed by atoms with Crippen LogP contribution in [0.3, 0.4) is 0 Å². The van der Waals surface area contributed by atoms with Crippen LogP contribution in [0.1, 0.15) is 33.0 Å². The molecule has 21 heavy (non-hydrogen) atoms. The van der Waals surface area contributed by atoms with Crippen molar-refractivity contribution in [1.82, 2.24) is 14.8 Å². The van der Waals surface area contributed by atoms with Gasteiger partial charge in [0, 0.05) is 19.6 Å². The molecule has 0 aliphatic carbocycles. The smallest absolute Gasteiger partial charge is 0.337 e. The number of amides is 1. The lowest BCUT2D eigenvalue weighted by Crippen LogP contribution is -2.31. The fourth-order valence-corrected chi connectivity index (χ4v) is 2.75. The zero-order chi connectivity index (χ0) is 15.6. The van der Waals surface area contributed by atoms with Gasteiger partial charge < -0.3 is 14.9 Å². The van der Waals surface area contributed by atoms with Crippen LogP contribution in [0.2, 0.25) is 0 Å². The number of rotatable bonds is 4. The first-order valence-corrected chi connectivity index (χ1v) is 7.03. The molecule has 1 aliphatic heterocycles. The number of hydrogen-bond donors (Lipinski definition) is 1. The van der Waals surface area contributed by atoms with Crippen molar-refractivity contribution in [1.29, 1.82) is 0 Å². The molecule has 0 spiro atoms. The van der Waals surface area contributed by atoms with Crippen molar-refractivity contribution in [3.05, 3.63) is 29.1 Å². The van der Waals surface area contributed by atoms with Gasteiger partial charge in [0.15, 0.2) is 0 Å². The van der Waals surface area contributed by atoms with Crippen molar-refractivity contribution in [3.63, 3.8) is 0 Å². The summed E-state index contributed by atoms with van der Waals surface area (Å²) in [5.74, 6) is -0.647. The largest absolute Gasteiger partial charge is 0.478 e. The lowest BCUT2D eigenvalue weighted by atomic mass is 10.1. The number of carbonyl (C=O) groups is 2. The predicted octanol–water partition coefficient (Wildman–Crippen LogP) is 1.11. The molecule has 1 atom stereocenters. The number of hydrogen-bond acceptors (Lipinski definition) is 4. The Morgan fingerprint density at radius 2 is 2.14 bits per heavy atom. The van der Waals surface area contributed by atoms with Gasteiger partial charge in [-0.05, 0) is 45.5 Å². The van der Waals surface area contributed by atoms with Crippen molar-refractivity contribution in [2.45, 2.75) is 13.3 Å². The summed E-state index contributed by atoms with van der Waals surface area (Å²) < 4.78 is 0. The van der Waals surface area contributed by atoms with Crippen molar-refractivity contribution < 1.29 is 14.7 Å². The van der Waals surface area contributed by atoms with Crippen molar-refractivity contribution in [3.8, 4) is 0 Å². The van der Waals surface area contributed by atoms with Gasteiger partial charge in [0.1, 0.15) is 5.69 Å². The summed E-state index contributed by atoms with van der Waals surface area (Å²) in [5, 5.41) is 8.99. The van der Waals surface area contributed by atoms with Crippen LogP contribution in [0.4, 0.5) is 0 Å². The van der Waals surface area contributed by atoms with Gasteiger partial charge >= 0.3 is 5.97 Å². The Balaban J connectivity index is 2.07. The molecular weight excluding hydrogens is 270 g/mol. The van der Waals surface area contributed by atoms with Crippen molar-refractivity contribution in [2.75, 3.05) is 33.7 Å². The summed E-state index contributed by atoms with van der Waals surface area (Å²) in [5.41, 5.74) is 0.832. The number of carboxylic acid groups (broad SMARTS) is 1. The summed E-state index contributed by atoms with van der Waals surface area (Å²) in [6.45, 7) is 4.05. The SMILES string of the molecule is Cc1nc(C(=O)N2CCC(CN(C)C)C2)ccc1C(=O)O. The number of carbonyl (C=O) groups excluding carboxylic acids is 1. The minimum absolute atomic E-state index is 0.115. The highest BCUT2D eigenvalue weighted by Crippen LogP contribution is 2.19. The third-order valence-corrected chi connectivity index (χ3v) is 3.73. The maximum absolute atomic E-state index is 12.4. The summed E-state index contributed by atoms with van der Waals surface area (Å²) in [4.78, 5) is 31.5. The van der Waals surface area contributed by atoms with E-state index in [0.717, 1.165) is 26.1 Å². The lowest BCUT2D eigenvalue weighted by molar-refractivity contribution is 0.0692. The van der Waals surface area contributed by atoms with E-state index in [4.69, 9.17) is 5.11 Å². The predicted molar refractivity (Wildman–Crippen MR) is 78.5 cm³/mol. The molecule has 1 unspecified atom stereocenters. The molecule has 1 aromatic rings. The maximum Gasteiger partial charge on any atom is 0.337 e. The topological polar surface area (TPSA) is 73.7 Å². The Morgan fingerprint density at radius 1 is 1.43 bits per heavy atom. The van der Waals surface area contributed by atoms with Crippen LogP contribution in [-0.2, 0) is 0 Å². The number of aromatic nitrogens is 1. The number of aromatic carboxylic acids is 1. The molecule has 1 N–H and O–H groups in total. The highest BCUT2D eigenvalue weighted by molar-refractivity contribution is 5.94. The van der Waals surface area contributed by atoms with E-state index >= 15 is 0 Å². The average molecular weight is 291 g/mol. The van der Waals surface area contributed by atoms with Crippen LogP contribution in [0.15, 0.2) is 12.1 Å². The van der Waals surface area contributed by atoms with Gasteiger partial charge in [0.05, 0.1) is 11.3 Å². The van der Waals surface area contributed by atoms with Crippen LogP contribution in [0.25, 0.3) is 0 Å². The molecule has 6 nitrogen and oxygen atoms in total. The first kappa shape index (κ1) is 15.4. The van der Waals surface area contributed by atoms with Crippen molar-refractivity contribution >= 4 is 11.9 Å². The van der Waals surface area contributed by atoms with Crippen molar-refractivity contribution in [2.24, 2.45) is 5.92 Å². The van der Waals surface area contributed by atoms with Gasteiger partial charge in [-0.1, -0.05) is 0 Å². The number of likely N-dealkylation sites (tertiary alicyclic amines) is 1. The van der Waals surface area contributed by atoms with E-state index in [1.807, 2.05) is 14.1 Å². The fourth-order valence-electron chi connectivity index (χ4n) is 2.75. The van der Waals surface area contributed by atoms with Gasteiger partial charge in [-0.25, -0.2) is 9.78 Å². The zero-order valence-electron chi connectivity index (χ0n) is 12.7. The van der Waals surface area contributed by atoms with Gasteiger partial charge in [-0.15, -0.1) is 0 Å². The monoisotopic (exact) mass is 291 g/mol. The first-order valence-electron chi connectivity index (χ1n) is 7.03. The van der Waals surface area contributed by atoms with E-state index in [1.54, 1.807) is 11.8 Å². The molecule has 1 aromatic heterocycles. The Bertz CT molecular complexity index is 557.